The van der Waals surface area contributed by atoms with Gasteiger partial charge in [-0.15, -0.1) is 0 Å². The molecule has 5 nitrogen and oxygen atoms in total. The fourth-order valence-electron chi connectivity index (χ4n) is 3.64. The summed E-state index contributed by atoms with van der Waals surface area (Å²) in [5.74, 6) is 1.10. The second-order valence-electron chi connectivity index (χ2n) is 6.54. The smallest absolute Gasteiger partial charge is 0.272 e. The van der Waals surface area contributed by atoms with Gasteiger partial charge in [-0.1, -0.05) is 19.8 Å². The summed E-state index contributed by atoms with van der Waals surface area (Å²) in [5, 5.41) is 11.7. The lowest BCUT2D eigenvalue weighted by Gasteiger charge is -2.31. The van der Waals surface area contributed by atoms with E-state index in [0.717, 1.165) is 31.7 Å². The summed E-state index contributed by atoms with van der Waals surface area (Å²) >= 11 is 1.98. The zero-order valence-corrected chi connectivity index (χ0v) is 14.8. The molecule has 1 aliphatic carbocycles. The molecular formula is C17H28N4OS. The highest BCUT2D eigenvalue weighted by Crippen LogP contribution is 2.28. The van der Waals surface area contributed by atoms with Crippen LogP contribution in [0.4, 0.5) is 0 Å². The molecule has 1 aromatic rings. The molecule has 23 heavy (non-hydrogen) atoms. The van der Waals surface area contributed by atoms with E-state index in [1.54, 1.807) is 0 Å². The molecule has 3 rings (SSSR count). The number of nitrogens with one attached hydrogen (secondary N) is 2. The van der Waals surface area contributed by atoms with Crippen LogP contribution in [0.1, 0.15) is 62.0 Å². The van der Waals surface area contributed by atoms with Crippen LogP contribution in [0.5, 0.6) is 0 Å². The first-order chi connectivity index (χ1) is 11.3. The van der Waals surface area contributed by atoms with E-state index < -0.39 is 0 Å². The van der Waals surface area contributed by atoms with E-state index in [-0.39, 0.29) is 5.91 Å². The van der Waals surface area contributed by atoms with Crippen molar-refractivity contribution in [2.45, 2.75) is 62.8 Å². The first-order valence-corrected chi connectivity index (χ1v) is 10.0. The molecule has 0 aromatic carbocycles. The summed E-state index contributed by atoms with van der Waals surface area (Å²) in [6.45, 7) is 4.22. The van der Waals surface area contributed by atoms with E-state index in [1.165, 1.54) is 25.7 Å². The number of rotatable bonds is 5. The second kappa shape index (κ2) is 8.20. The minimum atomic E-state index is -0.0129. The van der Waals surface area contributed by atoms with Gasteiger partial charge in [0.1, 0.15) is 5.69 Å². The van der Waals surface area contributed by atoms with Gasteiger partial charge in [0.2, 0.25) is 0 Å². The molecule has 2 heterocycles. The molecule has 1 saturated carbocycles. The quantitative estimate of drug-likeness (QED) is 0.868. The van der Waals surface area contributed by atoms with Gasteiger partial charge in [0.25, 0.3) is 5.91 Å². The van der Waals surface area contributed by atoms with E-state index >= 15 is 0 Å². The van der Waals surface area contributed by atoms with Crippen LogP contribution in [0.25, 0.3) is 0 Å². The summed E-state index contributed by atoms with van der Waals surface area (Å²) in [6.07, 6.45) is 9.06. The van der Waals surface area contributed by atoms with Gasteiger partial charge in [-0.25, -0.2) is 0 Å². The van der Waals surface area contributed by atoms with Crippen LogP contribution >= 0.6 is 11.8 Å². The van der Waals surface area contributed by atoms with Crippen molar-refractivity contribution < 1.29 is 4.79 Å². The molecule has 1 aromatic heterocycles. The molecule has 1 amide bonds. The third-order valence-electron chi connectivity index (χ3n) is 4.89. The normalized spacial score (nSPS) is 28.5. The number of hydrogen-bond donors (Lipinski definition) is 2. The van der Waals surface area contributed by atoms with Crippen molar-refractivity contribution in [1.29, 1.82) is 0 Å². The molecule has 2 fully saturated rings. The number of piperidine rings is 1. The maximum Gasteiger partial charge on any atom is 0.272 e. The van der Waals surface area contributed by atoms with Crippen molar-refractivity contribution in [3.8, 4) is 0 Å². The number of amides is 1. The molecule has 128 valence electrons. The highest BCUT2D eigenvalue weighted by Gasteiger charge is 2.27. The second-order valence-corrected chi connectivity index (χ2v) is 8.06. The standard InChI is InChI=1S/C17H28N4OS/c1-2-23-16-8-4-3-7-14(16)19-17(22)15-9-11-21(20-15)13-6-5-10-18-12-13/h9,11,13-14,16,18H,2-8,10,12H2,1H3,(H,19,22). The Balaban J connectivity index is 1.60. The Bertz CT molecular complexity index is 510. The van der Waals surface area contributed by atoms with Crippen LogP contribution in [0, 0.1) is 0 Å². The summed E-state index contributed by atoms with van der Waals surface area (Å²) in [4.78, 5) is 12.5. The maximum atomic E-state index is 12.5. The highest BCUT2D eigenvalue weighted by atomic mass is 32.2. The number of carbonyl (C=O) groups is 1. The van der Waals surface area contributed by atoms with Crippen molar-refractivity contribution >= 4 is 17.7 Å². The fraction of sp³-hybridized carbons (Fsp3) is 0.765. The van der Waals surface area contributed by atoms with Crippen LogP contribution in [-0.4, -0.2) is 45.8 Å². The van der Waals surface area contributed by atoms with Gasteiger partial charge in [0.05, 0.1) is 6.04 Å². The van der Waals surface area contributed by atoms with Gasteiger partial charge < -0.3 is 10.6 Å². The lowest BCUT2D eigenvalue weighted by Crippen LogP contribution is -2.44. The van der Waals surface area contributed by atoms with Gasteiger partial charge in [-0.05, 0) is 44.0 Å². The van der Waals surface area contributed by atoms with Crippen molar-refractivity contribution in [1.82, 2.24) is 20.4 Å². The molecule has 2 aliphatic rings. The Morgan fingerprint density at radius 3 is 3.04 bits per heavy atom. The number of aromatic nitrogens is 2. The first-order valence-electron chi connectivity index (χ1n) is 8.96. The molecule has 3 unspecified atom stereocenters. The largest absolute Gasteiger partial charge is 0.347 e. The highest BCUT2D eigenvalue weighted by molar-refractivity contribution is 7.99. The van der Waals surface area contributed by atoms with Crippen molar-refractivity contribution in [3.63, 3.8) is 0 Å². The average Bonchev–Trinajstić information content (AvgIpc) is 3.08. The molecule has 3 atom stereocenters. The minimum Gasteiger partial charge on any atom is -0.347 e. The van der Waals surface area contributed by atoms with Gasteiger partial charge in [0.15, 0.2) is 0 Å². The molecule has 2 N–H and O–H groups in total. The zero-order valence-electron chi connectivity index (χ0n) is 14.0. The van der Waals surface area contributed by atoms with Gasteiger partial charge in [0, 0.05) is 24.0 Å². The third-order valence-corrected chi connectivity index (χ3v) is 6.21. The van der Waals surface area contributed by atoms with E-state index in [4.69, 9.17) is 0 Å². The van der Waals surface area contributed by atoms with Crippen LogP contribution in [0.2, 0.25) is 0 Å². The number of carbonyl (C=O) groups excluding carboxylic acids is 1. The Morgan fingerprint density at radius 2 is 2.26 bits per heavy atom. The third kappa shape index (κ3) is 4.29. The van der Waals surface area contributed by atoms with E-state index in [1.807, 2.05) is 28.7 Å². The van der Waals surface area contributed by atoms with Gasteiger partial charge in [-0.3, -0.25) is 9.48 Å². The van der Waals surface area contributed by atoms with Crippen molar-refractivity contribution in [3.05, 3.63) is 18.0 Å². The van der Waals surface area contributed by atoms with Crippen LogP contribution < -0.4 is 10.6 Å². The lowest BCUT2D eigenvalue weighted by atomic mass is 9.95. The maximum absolute atomic E-state index is 12.5. The van der Waals surface area contributed by atoms with Crippen molar-refractivity contribution in [2.24, 2.45) is 0 Å². The van der Waals surface area contributed by atoms with Gasteiger partial charge in [-0.2, -0.15) is 16.9 Å². The molecule has 0 bridgehead atoms. The Labute approximate surface area is 143 Å². The minimum absolute atomic E-state index is 0.0129. The Kier molecular flexibility index (Phi) is 6.00. The van der Waals surface area contributed by atoms with Crippen LogP contribution in [0.3, 0.4) is 0 Å². The summed E-state index contributed by atoms with van der Waals surface area (Å²) < 4.78 is 1.96. The first kappa shape index (κ1) is 16.8. The molecular weight excluding hydrogens is 308 g/mol. The molecule has 1 saturated heterocycles. The van der Waals surface area contributed by atoms with E-state index in [0.29, 0.717) is 23.0 Å². The van der Waals surface area contributed by atoms with Crippen LogP contribution in [0.15, 0.2) is 12.3 Å². The van der Waals surface area contributed by atoms with Crippen molar-refractivity contribution in [2.75, 3.05) is 18.8 Å². The van der Waals surface area contributed by atoms with Gasteiger partial charge >= 0.3 is 0 Å². The molecule has 1 aliphatic heterocycles. The number of hydrogen-bond acceptors (Lipinski definition) is 4. The lowest BCUT2D eigenvalue weighted by molar-refractivity contribution is 0.0923. The number of thioether (sulfide) groups is 1. The summed E-state index contributed by atoms with van der Waals surface area (Å²) in [6, 6.07) is 2.53. The number of nitrogens with zero attached hydrogens (tertiary/aromatic N) is 2. The van der Waals surface area contributed by atoms with E-state index in [2.05, 4.69) is 22.7 Å². The fourth-order valence-corrected chi connectivity index (χ4v) is 4.84. The SMILES string of the molecule is CCSC1CCCCC1NC(=O)c1ccn(C2CCCNC2)n1. The van der Waals surface area contributed by atoms with E-state index in [9.17, 15) is 4.79 Å². The summed E-state index contributed by atoms with van der Waals surface area (Å²) in [5.41, 5.74) is 0.557. The topological polar surface area (TPSA) is 59.0 Å². The average molecular weight is 337 g/mol. The predicted molar refractivity (Wildman–Crippen MR) is 95.0 cm³/mol. The Hall–Kier alpha value is -1.01. The molecule has 6 heteroatoms. The summed E-state index contributed by atoms with van der Waals surface area (Å²) in [7, 11) is 0. The zero-order chi connectivity index (χ0) is 16.1. The predicted octanol–water partition coefficient (Wildman–Crippen LogP) is 2.60. The molecule has 0 radical (unpaired) electrons. The Morgan fingerprint density at radius 1 is 1.39 bits per heavy atom. The van der Waals surface area contributed by atoms with Crippen LogP contribution in [-0.2, 0) is 0 Å². The monoisotopic (exact) mass is 336 g/mol. The molecule has 0 spiro atoms.